The number of hydrogen-bond donors (Lipinski definition) is 0. The van der Waals surface area contributed by atoms with Crippen molar-refractivity contribution in [3.05, 3.63) is 21.7 Å². The predicted octanol–water partition coefficient (Wildman–Crippen LogP) is 2.09. The zero-order valence-electron chi connectivity index (χ0n) is 6.95. The Labute approximate surface area is 75.7 Å². The summed E-state index contributed by atoms with van der Waals surface area (Å²) in [6.45, 7) is 2.91. The molecular weight excluding hydrogens is 168 g/mol. The Bertz CT molecular complexity index is 336. The first kappa shape index (κ1) is 7.68. The molecule has 1 aliphatic rings. The van der Waals surface area contributed by atoms with Crippen LogP contribution in [0.15, 0.2) is 11.1 Å². The Morgan fingerprint density at radius 2 is 2.42 bits per heavy atom. The van der Waals surface area contributed by atoms with Gasteiger partial charge in [-0.05, 0) is 19.1 Å². The summed E-state index contributed by atoms with van der Waals surface area (Å²) in [5.74, 6) is 0. The molecule has 2 rings (SSSR count). The van der Waals surface area contributed by atoms with Gasteiger partial charge in [-0.15, -0.1) is 11.3 Å². The quantitative estimate of drug-likeness (QED) is 0.597. The molecule has 0 spiro atoms. The SMILES string of the molecule is Cc1nc2c(s1)/C=C\C=NCC2. The molecule has 1 aliphatic heterocycles. The molecule has 0 radical (unpaired) electrons. The summed E-state index contributed by atoms with van der Waals surface area (Å²) >= 11 is 1.75. The predicted molar refractivity (Wildman–Crippen MR) is 52.9 cm³/mol. The van der Waals surface area contributed by atoms with Gasteiger partial charge in [-0.3, -0.25) is 4.99 Å². The molecule has 1 aromatic heterocycles. The van der Waals surface area contributed by atoms with Crippen molar-refractivity contribution >= 4 is 23.6 Å². The van der Waals surface area contributed by atoms with Crippen molar-refractivity contribution in [2.45, 2.75) is 13.3 Å². The Morgan fingerprint density at radius 1 is 1.50 bits per heavy atom. The van der Waals surface area contributed by atoms with Crippen LogP contribution in [-0.4, -0.2) is 17.7 Å². The lowest BCUT2D eigenvalue weighted by Crippen LogP contribution is -1.94. The Hall–Kier alpha value is -0.960. The van der Waals surface area contributed by atoms with E-state index < -0.39 is 0 Å². The maximum atomic E-state index is 4.45. The number of aromatic nitrogens is 1. The van der Waals surface area contributed by atoms with Gasteiger partial charge in [0.05, 0.1) is 15.6 Å². The number of aryl methyl sites for hydroxylation is 1. The summed E-state index contributed by atoms with van der Waals surface area (Å²) in [6.07, 6.45) is 6.90. The molecule has 0 atom stereocenters. The summed E-state index contributed by atoms with van der Waals surface area (Å²) < 4.78 is 0. The molecule has 0 amide bonds. The van der Waals surface area contributed by atoms with Crippen LogP contribution in [0.3, 0.4) is 0 Å². The first-order valence-corrected chi connectivity index (χ1v) is 4.81. The normalized spacial score (nSPS) is 18.1. The van der Waals surface area contributed by atoms with E-state index in [0.717, 1.165) is 18.0 Å². The maximum Gasteiger partial charge on any atom is 0.0903 e. The highest BCUT2D eigenvalue weighted by Crippen LogP contribution is 2.20. The van der Waals surface area contributed by atoms with E-state index in [-0.39, 0.29) is 0 Å². The van der Waals surface area contributed by atoms with E-state index in [9.17, 15) is 0 Å². The van der Waals surface area contributed by atoms with Gasteiger partial charge in [0.1, 0.15) is 0 Å². The molecule has 0 N–H and O–H groups in total. The van der Waals surface area contributed by atoms with E-state index in [1.807, 2.05) is 19.2 Å². The molecule has 0 unspecified atom stereocenters. The first-order valence-electron chi connectivity index (χ1n) is 3.99. The molecule has 0 aromatic carbocycles. The molecule has 1 aromatic rings. The van der Waals surface area contributed by atoms with Crippen LogP contribution < -0.4 is 0 Å². The van der Waals surface area contributed by atoms with Crippen LogP contribution >= 0.6 is 11.3 Å². The van der Waals surface area contributed by atoms with Crippen molar-refractivity contribution in [3.8, 4) is 0 Å². The van der Waals surface area contributed by atoms with Gasteiger partial charge in [-0.2, -0.15) is 0 Å². The fourth-order valence-electron chi connectivity index (χ4n) is 1.23. The van der Waals surface area contributed by atoms with Crippen LogP contribution in [0.1, 0.15) is 15.6 Å². The van der Waals surface area contributed by atoms with Crippen LogP contribution in [0.5, 0.6) is 0 Å². The molecule has 0 saturated carbocycles. The third-order valence-electron chi connectivity index (χ3n) is 1.75. The van der Waals surface area contributed by atoms with Crippen molar-refractivity contribution < 1.29 is 0 Å². The van der Waals surface area contributed by atoms with E-state index in [0.29, 0.717) is 0 Å². The number of nitrogens with zero attached hydrogens (tertiary/aromatic N) is 2. The van der Waals surface area contributed by atoms with E-state index in [1.54, 1.807) is 11.3 Å². The lowest BCUT2D eigenvalue weighted by molar-refractivity contribution is 0.929. The third kappa shape index (κ3) is 1.46. The highest BCUT2D eigenvalue weighted by Gasteiger charge is 2.05. The highest BCUT2D eigenvalue weighted by atomic mass is 32.1. The minimum atomic E-state index is 0.862. The average Bonchev–Trinajstić information content (AvgIpc) is 2.32. The van der Waals surface area contributed by atoms with E-state index in [4.69, 9.17) is 0 Å². The molecule has 0 fully saturated rings. The summed E-state index contributed by atoms with van der Waals surface area (Å²) in [5, 5.41) is 1.14. The van der Waals surface area contributed by atoms with Crippen LogP contribution in [0.25, 0.3) is 6.08 Å². The molecule has 2 nitrogen and oxygen atoms in total. The lowest BCUT2D eigenvalue weighted by Gasteiger charge is -1.96. The molecule has 3 heteroatoms. The van der Waals surface area contributed by atoms with Gasteiger partial charge in [0.25, 0.3) is 0 Å². The van der Waals surface area contributed by atoms with Crippen LogP contribution in [-0.2, 0) is 6.42 Å². The summed E-state index contributed by atoms with van der Waals surface area (Å²) in [5.41, 5.74) is 1.20. The number of hydrogen-bond acceptors (Lipinski definition) is 3. The lowest BCUT2D eigenvalue weighted by atomic mass is 10.2. The van der Waals surface area contributed by atoms with Crippen LogP contribution in [0.4, 0.5) is 0 Å². The molecule has 0 aliphatic carbocycles. The summed E-state index contributed by atoms with van der Waals surface area (Å²) in [7, 11) is 0. The topological polar surface area (TPSA) is 25.2 Å². The van der Waals surface area contributed by atoms with E-state index in [2.05, 4.69) is 16.1 Å². The number of rotatable bonds is 0. The molecule has 2 heterocycles. The zero-order valence-corrected chi connectivity index (χ0v) is 7.77. The molecule has 0 bridgehead atoms. The van der Waals surface area contributed by atoms with E-state index in [1.165, 1.54) is 10.6 Å². The highest BCUT2D eigenvalue weighted by molar-refractivity contribution is 7.12. The molecule has 12 heavy (non-hydrogen) atoms. The van der Waals surface area contributed by atoms with Crippen LogP contribution in [0.2, 0.25) is 0 Å². The fourth-order valence-corrected chi connectivity index (χ4v) is 2.12. The van der Waals surface area contributed by atoms with Gasteiger partial charge in [-0.25, -0.2) is 4.98 Å². The molecule has 62 valence electrons. The number of thiazole rings is 1. The van der Waals surface area contributed by atoms with Gasteiger partial charge in [0, 0.05) is 19.2 Å². The van der Waals surface area contributed by atoms with Crippen molar-refractivity contribution in [2.75, 3.05) is 6.54 Å². The van der Waals surface area contributed by atoms with Crippen molar-refractivity contribution in [3.63, 3.8) is 0 Å². The number of allylic oxidation sites excluding steroid dienone is 1. The van der Waals surface area contributed by atoms with Gasteiger partial charge in [0.15, 0.2) is 0 Å². The first-order chi connectivity index (χ1) is 5.86. The molecule has 0 saturated heterocycles. The minimum Gasteiger partial charge on any atom is -0.293 e. The van der Waals surface area contributed by atoms with Crippen molar-refractivity contribution in [2.24, 2.45) is 4.99 Å². The Morgan fingerprint density at radius 3 is 3.33 bits per heavy atom. The van der Waals surface area contributed by atoms with Gasteiger partial charge < -0.3 is 0 Å². The van der Waals surface area contributed by atoms with Crippen molar-refractivity contribution in [1.82, 2.24) is 4.98 Å². The zero-order chi connectivity index (χ0) is 8.39. The second-order valence-electron chi connectivity index (χ2n) is 2.71. The smallest absolute Gasteiger partial charge is 0.0903 e. The Balaban J connectivity index is 2.42. The van der Waals surface area contributed by atoms with Gasteiger partial charge in [-0.1, -0.05) is 0 Å². The third-order valence-corrected chi connectivity index (χ3v) is 2.73. The average molecular weight is 178 g/mol. The second-order valence-corrected chi connectivity index (χ2v) is 3.94. The van der Waals surface area contributed by atoms with Crippen molar-refractivity contribution in [1.29, 1.82) is 0 Å². The summed E-state index contributed by atoms with van der Waals surface area (Å²) in [6, 6.07) is 0. The van der Waals surface area contributed by atoms with Gasteiger partial charge in [0.2, 0.25) is 0 Å². The second kappa shape index (κ2) is 3.19. The maximum absolute atomic E-state index is 4.45. The monoisotopic (exact) mass is 178 g/mol. The minimum absolute atomic E-state index is 0.862. The van der Waals surface area contributed by atoms with E-state index >= 15 is 0 Å². The summed E-state index contributed by atoms with van der Waals surface area (Å²) in [4.78, 5) is 9.93. The van der Waals surface area contributed by atoms with Crippen LogP contribution in [0, 0.1) is 6.92 Å². The fraction of sp³-hybridized carbons (Fsp3) is 0.333. The number of fused-ring (bicyclic) bond motifs is 1. The molecular formula is C9H10N2S. The van der Waals surface area contributed by atoms with Gasteiger partial charge >= 0.3 is 0 Å². The Kier molecular flexibility index (Phi) is 2.04. The standard InChI is InChI=1S/C9H10N2S/c1-7-11-8-4-6-10-5-2-3-9(8)12-7/h2-3,5H,4,6H2,1H3/b3-2-,10-5?. The number of aliphatic imine (C=N–C) groups is 1. The largest absolute Gasteiger partial charge is 0.293 e.